The second-order valence-corrected chi connectivity index (χ2v) is 7.38. The maximum Gasteiger partial charge on any atom is 0.242 e. The van der Waals surface area contributed by atoms with E-state index in [1.165, 1.54) is 4.31 Å². The fourth-order valence-corrected chi connectivity index (χ4v) is 3.60. The van der Waals surface area contributed by atoms with Gasteiger partial charge in [-0.1, -0.05) is 11.6 Å². The summed E-state index contributed by atoms with van der Waals surface area (Å²) in [5.41, 5.74) is 0.764. The predicted molar refractivity (Wildman–Crippen MR) is 74.9 cm³/mol. The zero-order valence-corrected chi connectivity index (χ0v) is 12.7. The first-order valence-electron chi connectivity index (χ1n) is 6.21. The minimum absolute atomic E-state index is 0.285. The molecular formula is C13H18ClNO3S. The van der Waals surface area contributed by atoms with Crippen LogP contribution in [-0.4, -0.2) is 39.5 Å². The molecule has 106 valence electrons. The number of aryl methyl sites for hydroxylation is 1. The van der Waals surface area contributed by atoms with E-state index >= 15 is 0 Å². The van der Waals surface area contributed by atoms with Gasteiger partial charge in [0, 0.05) is 25.2 Å². The van der Waals surface area contributed by atoms with Crippen LogP contribution >= 0.6 is 11.6 Å². The van der Waals surface area contributed by atoms with E-state index in [4.69, 9.17) is 16.3 Å². The molecule has 1 aliphatic rings. The van der Waals surface area contributed by atoms with Gasteiger partial charge in [0.05, 0.1) is 11.5 Å². The Morgan fingerprint density at radius 1 is 1.47 bits per heavy atom. The van der Waals surface area contributed by atoms with Crippen molar-refractivity contribution >= 4 is 21.6 Å². The highest BCUT2D eigenvalue weighted by molar-refractivity contribution is 7.89. The summed E-state index contributed by atoms with van der Waals surface area (Å²) in [6.45, 7) is 3.65. The Morgan fingerprint density at radius 3 is 2.79 bits per heavy atom. The molecule has 0 aliphatic carbocycles. The van der Waals surface area contributed by atoms with Crippen molar-refractivity contribution in [3.8, 4) is 0 Å². The van der Waals surface area contributed by atoms with Gasteiger partial charge in [0.25, 0.3) is 0 Å². The topological polar surface area (TPSA) is 46.6 Å². The number of hydrogen-bond donors (Lipinski definition) is 0. The highest BCUT2D eigenvalue weighted by atomic mass is 35.5. The Labute approximate surface area is 119 Å². The molecule has 4 nitrogen and oxygen atoms in total. The molecule has 1 aromatic rings. The van der Waals surface area contributed by atoms with Crippen molar-refractivity contribution in [2.45, 2.75) is 18.2 Å². The molecule has 6 heteroatoms. The van der Waals surface area contributed by atoms with Gasteiger partial charge >= 0.3 is 0 Å². The normalized spacial score (nSPS) is 20.1. The van der Waals surface area contributed by atoms with Crippen LogP contribution in [0.25, 0.3) is 0 Å². The van der Waals surface area contributed by atoms with Crippen molar-refractivity contribution in [1.29, 1.82) is 0 Å². The standard InChI is InChI=1S/C13H18ClNO3S/c1-10-7-12(3-4-13(10)14)19(16,17)15(2)8-11-5-6-18-9-11/h3-4,7,11H,5-6,8-9H2,1-2H3. The van der Waals surface area contributed by atoms with Crippen molar-refractivity contribution in [2.75, 3.05) is 26.8 Å². The molecule has 0 N–H and O–H groups in total. The molecule has 0 saturated carbocycles. The summed E-state index contributed by atoms with van der Waals surface area (Å²) < 4.78 is 31.5. The molecule has 1 aliphatic heterocycles. The lowest BCUT2D eigenvalue weighted by Gasteiger charge is -2.20. The third kappa shape index (κ3) is 3.28. The molecule has 1 atom stereocenters. The number of benzene rings is 1. The van der Waals surface area contributed by atoms with Gasteiger partial charge in [-0.25, -0.2) is 12.7 Å². The van der Waals surface area contributed by atoms with Gasteiger partial charge in [-0.2, -0.15) is 0 Å². The third-order valence-electron chi connectivity index (χ3n) is 3.38. The molecule has 0 aromatic heterocycles. The Hall–Kier alpha value is -0.620. The van der Waals surface area contributed by atoms with Gasteiger partial charge in [-0.3, -0.25) is 0 Å². The van der Waals surface area contributed by atoms with Gasteiger partial charge in [0.15, 0.2) is 0 Å². The van der Waals surface area contributed by atoms with E-state index in [0.29, 0.717) is 18.2 Å². The first kappa shape index (κ1) is 14.8. The average molecular weight is 304 g/mol. The fourth-order valence-electron chi connectivity index (χ4n) is 2.15. The molecule has 1 aromatic carbocycles. The molecular weight excluding hydrogens is 286 g/mol. The molecule has 0 spiro atoms. The van der Waals surface area contributed by atoms with Crippen LogP contribution in [0.1, 0.15) is 12.0 Å². The molecule has 1 unspecified atom stereocenters. The van der Waals surface area contributed by atoms with Crippen LogP contribution in [-0.2, 0) is 14.8 Å². The number of nitrogens with zero attached hydrogens (tertiary/aromatic N) is 1. The fraction of sp³-hybridized carbons (Fsp3) is 0.538. The average Bonchev–Trinajstić information content (AvgIpc) is 2.85. The lowest BCUT2D eigenvalue weighted by atomic mass is 10.1. The van der Waals surface area contributed by atoms with Crippen LogP contribution in [0, 0.1) is 12.8 Å². The van der Waals surface area contributed by atoms with E-state index in [0.717, 1.165) is 18.6 Å². The maximum absolute atomic E-state index is 12.4. The number of ether oxygens (including phenoxy) is 1. The third-order valence-corrected chi connectivity index (χ3v) is 5.62. The van der Waals surface area contributed by atoms with Crippen LogP contribution in [0.4, 0.5) is 0 Å². The Bertz CT molecular complexity index is 553. The highest BCUT2D eigenvalue weighted by Gasteiger charge is 2.26. The quantitative estimate of drug-likeness (QED) is 0.857. The number of sulfonamides is 1. The molecule has 1 saturated heterocycles. The summed E-state index contributed by atoms with van der Waals surface area (Å²) in [5, 5.41) is 0.575. The van der Waals surface area contributed by atoms with Crippen molar-refractivity contribution in [3.63, 3.8) is 0 Å². The minimum atomic E-state index is -3.45. The molecule has 0 bridgehead atoms. The van der Waals surface area contributed by atoms with Crippen molar-refractivity contribution < 1.29 is 13.2 Å². The van der Waals surface area contributed by atoms with Crippen molar-refractivity contribution in [3.05, 3.63) is 28.8 Å². The summed E-state index contributed by atoms with van der Waals surface area (Å²) in [6, 6.07) is 4.78. The highest BCUT2D eigenvalue weighted by Crippen LogP contribution is 2.23. The largest absolute Gasteiger partial charge is 0.381 e. The van der Waals surface area contributed by atoms with E-state index in [1.807, 2.05) is 0 Å². The van der Waals surface area contributed by atoms with E-state index in [1.54, 1.807) is 32.2 Å². The monoisotopic (exact) mass is 303 g/mol. The molecule has 0 radical (unpaired) electrons. The second-order valence-electron chi connectivity index (χ2n) is 4.93. The molecule has 0 amide bonds. The molecule has 1 fully saturated rings. The maximum atomic E-state index is 12.4. The SMILES string of the molecule is Cc1cc(S(=O)(=O)N(C)CC2CCOC2)ccc1Cl. The zero-order chi connectivity index (χ0) is 14.0. The summed E-state index contributed by atoms with van der Waals surface area (Å²) in [5.74, 6) is 0.285. The number of halogens is 1. The van der Waals surface area contributed by atoms with Gasteiger partial charge < -0.3 is 4.74 Å². The van der Waals surface area contributed by atoms with E-state index in [2.05, 4.69) is 0 Å². The van der Waals surface area contributed by atoms with Crippen LogP contribution in [0.5, 0.6) is 0 Å². The second kappa shape index (κ2) is 5.79. The first-order chi connectivity index (χ1) is 8.91. The molecule has 19 heavy (non-hydrogen) atoms. The number of rotatable bonds is 4. The first-order valence-corrected chi connectivity index (χ1v) is 8.03. The van der Waals surface area contributed by atoms with Crippen LogP contribution in [0.3, 0.4) is 0 Å². The summed E-state index contributed by atoms with van der Waals surface area (Å²) in [6.07, 6.45) is 0.916. The summed E-state index contributed by atoms with van der Waals surface area (Å²) >= 11 is 5.92. The van der Waals surface area contributed by atoms with Crippen LogP contribution in [0.15, 0.2) is 23.1 Å². The molecule has 1 heterocycles. The Kier molecular flexibility index (Phi) is 4.50. The predicted octanol–water partition coefficient (Wildman–Crippen LogP) is 2.31. The number of hydrogen-bond acceptors (Lipinski definition) is 3. The van der Waals surface area contributed by atoms with E-state index < -0.39 is 10.0 Å². The van der Waals surface area contributed by atoms with Gasteiger partial charge in [-0.05, 0) is 43.0 Å². The zero-order valence-electron chi connectivity index (χ0n) is 11.1. The minimum Gasteiger partial charge on any atom is -0.381 e. The lowest BCUT2D eigenvalue weighted by molar-refractivity contribution is 0.182. The lowest BCUT2D eigenvalue weighted by Crippen LogP contribution is -2.32. The summed E-state index contributed by atoms with van der Waals surface area (Å²) in [4.78, 5) is 0.288. The van der Waals surface area contributed by atoms with Gasteiger partial charge in [0.1, 0.15) is 0 Å². The van der Waals surface area contributed by atoms with E-state index in [-0.39, 0.29) is 10.8 Å². The van der Waals surface area contributed by atoms with Crippen LogP contribution < -0.4 is 0 Å². The molecule has 2 rings (SSSR count). The summed E-state index contributed by atoms with van der Waals surface area (Å²) in [7, 11) is -1.84. The van der Waals surface area contributed by atoms with Crippen molar-refractivity contribution in [1.82, 2.24) is 4.31 Å². The smallest absolute Gasteiger partial charge is 0.242 e. The Balaban J connectivity index is 2.18. The van der Waals surface area contributed by atoms with Crippen molar-refractivity contribution in [2.24, 2.45) is 5.92 Å². The van der Waals surface area contributed by atoms with Crippen LogP contribution in [0.2, 0.25) is 5.02 Å². The van der Waals surface area contributed by atoms with Gasteiger partial charge in [0.2, 0.25) is 10.0 Å². The Morgan fingerprint density at radius 2 is 2.21 bits per heavy atom. The van der Waals surface area contributed by atoms with E-state index in [9.17, 15) is 8.42 Å². The van der Waals surface area contributed by atoms with Gasteiger partial charge in [-0.15, -0.1) is 0 Å².